The van der Waals surface area contributed by atoms with E-state index in [0.29, 0.717) is 17.7 Å². The standard InChI is InChI=1S/C29H33FN2O3/c1-20(2)31-29(34)26(17-23-12-6-5-7-13-23)32(18-24-14-8-9-15-25(24)30)28(33)19-35-27-16-10-11-21(3)22(27)4/h5-16,20,26H,17-19H2,1-4H3,(H,31,34)/t26-/m1/s1. The van der Waals surface area contributed by atoms with Crippen molar-refractivity contribution in [3.63, 3.8) is 0 Å². The number of aryl methyl sites for hydroxylation is 1. The molecule has 0 saturated carbocycles. The van der Waals surface area contributed by atoms with Crippen LogP contribution in [-0.4, -0.2) is 35.4 Å². The Hall–Kier alpha value is -3.67. The Bertz CT molecular complexity index is 1150. The summed E-state index contributed by atoms with van der Waals surface area (Å²) in [7, 11) is 0. The first-order chi connectivity index (χ1) is 16.8. The molecule has 3 rings (SSSR count). The second-order valence-electron chi connectivity index (χ2n) is 8.97. The molecule has 5 nitrogen and oxygen atoms in total. The van der Waals surface area contributed by atoms with E-state index in [2.05, 4.69) is 5.32 Å². The normalized spacial score (nSPS) is 11.7. The Labute approximate surface area is 206 Å². The van der Waals surface area contributed by atoms with Crippen molar-refractivity contribution >= 4 is 11.8 Å². The molecule has 3 aromatic rings. The van der Waals surface area contributed by atoms with E-state index >= 15 is 0 Å². The predicted molar refractivity (Wildman–Crippen MR) is 136 cm³/mol. The van der Waals surface area contributed by atoms with Gasteiger partial charge in [0, 0.05) is 24.6 Å². The molecule has 2 amide bonds. The van der Waals surface area contributed by atoms with Crippen LogP contribution >= 0.6 is 0 Å². The molecule has 0 bridgehead atoms. The Kier molecular flexibility index (Phi) is 9.01. The number of amides is 2. The van der Waals surface area contributed by atoms with Gasteiger partial charge >= 0.3 is 0 Å². The van der Waals surface area contributed by atoms with Crippen LogP contribution in [0.15, 0.2) is 72.8 Å². The van der Waals surface area contributed by atoms with E-state index < -0.39 is 17.8 Å². The highest BCUT2D eigenvalue weighted by molar-refractivity contribution is 5.88. The van der Waals surface area contributed by atoms with Gasteiger partial charge in [-0.05, 0) is 56.5 Å². The lowest BCUT2D eigenvalue weighted by Crippen LogP contribution is -2.53. The number of hydrogen-bond acceptors (Lipinski definition) is 3. The zero-order chi connectivity index (χ0) is 25.4. The highest BCUT2D eigenvalue weighted by Crippen LogP contribution is 2.22. The van der Waals surface area contributed by atoms with Crippen LogP contribution in [0.3, 0.4) is 0 Å². The number of nitrogens with one attached hydrogen (secondary N) is 1. The molecule has 1 atom stereocenters. The van der Waals surface area contributed by atoms with Crippen LogP contribution in [0.5, 0.6) is 5.75 Å². The molecule has 0 unspecified atom stereocenters. The van der Waals surface area contributed by atoms with E-state index in [9.17, 15) is 14.0 Å². The molecule has 3 aromatic carbocycles. The summed E-state index contributed by atoms with van der Waals surface area (Å²) in [5.41, 5.74) is 3.23. The number of carbonyl (C=O) groups is 2. The van der Waals surface area contributed by atoms with Crippen molar-refractivity contribution in [2.45, 2.75) is 52.7 Å². The van der Waals surface area contributed by atoms with Gasteiger partial charge in [-0.25, -0.2) is 4.39 Å². The lowest BCUT2D eigenvalue weighted by molar-refractivity contribution is -0.143. The number of carbonyl (C=O) groups excluding carboxylic acids is 2. The number of hydrogen-bond donors (Lipinski definition) is 1. The summed E-state index contributed by atoms with van der Waals surface area (Å²) in [5.74, 6) is -0.506. The first kappa shape index (κ1) is 25.9. The molecule has 0 saturated heterocycles. The van der Waals surface area contributed by atoms with Gasteiger partial charge in [0.1, 0.15) is 17.6 Å². The summed E-state index contributed by atoms with van der Waals surface area (Å²) < 4.78 is 20.5. The molecule has 6 heteroatoms. The summed E-state index contributed by atoms with van der Waals surface area (Å²) in [5, 5.41) is 2.92. The SMILES string of the molecule is Cc1cccc(OCC(=O)N(Cc2ccccc2F)[C@H](Cc2ccccc2)C(=O)NC(C)C)c1C. The van der Waals surface area contributed by atoms with E-state index in [1.807, 2.05) is 76.2 Å². The molecule has 0 fully saturated rings. The number of halogens is 1. The highest BCUT2D eigenvalue weighted by atomic mass is 19.1. The molecule has 35 heavy (non-hydrogen) atoms. The molecule has 0 aliphatic carbocycles. The van der Waals surface area contributed by atoms with Gasteiger partial charge in [0.2, 0.25) is 5.91 Å². The molecule has 0 aliphatic rings. The van der Waals surface area contributed by atoms with E-state index in [0.717, 1.165) is 16.7 Å². The van der Waals surface area contributed by atoms with Crippen LogP contribution in [-0.2, 0) is 22.6 Å². The van der Waals surface area contributed by atoms with Gasteiger partial charge in [-0.1, -0.05) is 60.7 Å². The maximum Gasteiger partial charge on any atom is 0.261 e. The maximum absolute atomic E-state index is 14.6. The summed E-state index contributed by atoms with van der Waals surface area (Å²) in [6.45, 7) is 7.32. The van der Waals surface area contributed by atoms with Crippen LogP contribution < -0.4 is 10.1 Å². The second-order valence-corrected chi connectivity index (χ2v) is 8.97. The number of benzene rings is 3. The summed E-state index contributed by atoms with van der Waals surface area (Å²) in [6, 6.07) is 20.5. The lowest BCUT2D eigenvalue weighted by Gasteiger charge is -2.32. The van der Waals surface area contributed by atoms with Crippen LogP contribution in [0.1, 0.15) is 36.1 Å². The van der Waals surface area contributed by atoms with Crippen molar-refractivity contribution in [2.24, 2.45) is 0 Å². The quantitative estimate of drug-likeness (QED) is 0.449. The van der Waals surface area contributed by atoms with Gasteiger partial charge in [0.05, 0.1) is 0 Å². The Balaban J connectivity index is 1.94. The van der Waals surface area contributed by atoms with Gasteiger partial charge in [0.25, 0.3) is 5.91 Å². The Morgan fingerprint density at radius 1 is 0.943 bits per heavy atom. The maximum atomic E-state index is 14.6. The average molecular weight is 477 g/mol. The summed E-state index contributed by atoms with van der Waals surface area (Å²) in [4.78, 5) is 28.3. The third-order valence-corrected chi connectivity index (χ3v) is 5.91. The van der Waals surface area contributed by atoms with Crippen molar-refractivity contribution in [1.29, 1.82) is 0 Å². The fourth-order valence-electron chi connectivity index (χ4n) is 3.85. The molecular formula is C29H33FN2O3. The number of rotatable bonds is 10. The fraction of sp³-hybridized carbons (Fsp3) is 0.310. The topological polar surface area (TPSA) is 58.6 Å². The van der Waals surface area contributed by atoms with Crippen molar-refractivity contribution in [3.8, 4) is 5.75 Å². The van der Waals surface area contributed by atoms with Gasteiger partial charge in [-0.3, -0.25) is 9.59 Å². The molecule has 184 valence electrons. The molecule has 0 heterocycles. The molecule has 0 radical (unpaired) electrons. The van der Waals surface area contributed by atoms with Gasteiger partial charge in [0.15, 0.2) is 6.61 Å². The van der Waals surface area contributed by atoms with Crippen molar-refractivity contribution in [1.82, 2.24) is 10.2 Å². The van der Waals surface area contributed by atoms with Crippen LogP contribution in [0.2, 0.25) is 0 Å². The molecule has 0 aliphatic heterocycles. The van der Waals surface area contributed by atoms with E-state index in [1.165, 1.54) is 11.0 Å². The van der Waals surface area contributed by atoms with Crippen molar-refractivity contribution in [3.05, 3.63) is 101 Å². The average Bonchev–Trinajstić information content (AvgIpc) is 2.83. The first-order valence-corrected chi connectivity index (χ1v) is 11.8. The van der Waals surface area contributed by atoms with Crippen molar-refractivity contribution in [2.75, 3.05) is 6.61 Å². The summed E-state index contributed by atoms with van der Waals surface area (Å²) in [6.07, 6.45) is 0.295. The van der Waals surface area contributed by atoms with Gasteiger partial charge in [-0.15, -0.1) is 0 Å². The van der Waals surface area contributed by atoms with Crippen LogP contribution in [0, 0.1) is 19.7 Å². The van der Waals surface area contributed by atoms with Gasteiger partial charge in [-0.2, -0.15) is 0 Å². The number of ether oxygens (including phenoxy) is 1. The van der Waals surface area contributed by atoms with E-state index in [1.54, 1.807) is 18.2 Å². The Morgan fingerprint density at radius 3 is 2.31 bits per heavy atom. The van der Waals surface area contributed by atoms with Crippen molar-refractivity contribution < 1.29 is 18.7 Å². The second kappa shape index (κ2) is 12.2. The van der Waals surface area contributed by atoms with Crippen LogP contribution in [0.25, 0.3) is 0 Å². The smallest absolute Gasteiger partial charge is 0.261 e. The molecular weight excluding hydrogens is 443 g/mol. The monoisotopic (exact) mass is 476 g/mol. The van der Waals surface area contributed by atoms with Crippen LogP contribution in [0.4, 0.5) is 4.39 Å². The molecule has 0 aromatic heterocycles. The van der Waals surface area contributed by atoms with Gasteiger partial charge < -0.3 is 15.0 Å². The third kappa shape index (κ3) is 7.15. The number of nitrogens with zero attached hydrogens (tertiary/aromatic N) is 1. The fourth-order valence-corrected chi connectivity index (χ4v) is 3.85. The predicted octanol–water partition coefficient (Wildman–Crippen LogP) is 4.99. The zero-order valence-corrected chi connectivity index (χ0v) is 20.8. The third-order valence-electron chi connectivity index (χ3n) is 5.91. The highest BCUT2D eigenvalue weighted by Gasteiger charge is 2.31. The van der Waals surface area contributed by atoms with E-state index in [4.69, 9.17) is 4.74 Å². The lowest BCUT2D eigenvalue weighted by atomic mass is 10.0. The minimum atomic E-state index is -0.839. The Morgan fingerprint density at radius 2 is 1.63 bits per heavy atom. The van der Waals surface area contributed by atoms with E-state index in [-0.39, 0.29) is 25.1 Å². The molecule has 1 N–H and O–H groups in total. The molecule has 0 spiro atoms. The first-order valence-electron chi connectivity index (χ1n) is 11.8. The zero-order valence-electron chi connectivity index (χ0n) is 20.8. The largest absolute Gasteiger partial charge is 0.483 e. The minimum Gasteiger partial charge on any atom is -0.483 e. The summed E-state index contributed by atoms with van der Waals surface area (Å²) >= 11 is 0. The minimum absolute atomic E-state index is 0.0509.